The van der Waals surface area contributed by atoms with Gasteiger partial charge >= 0.3 is 5.97 Å². The van der Waals surface area contributed by atoms with Crippen LogP contribution in [0.15, 0.2) is 4.99 Å². The second kappa shape index (κ2) is 30.9. The molecule has 0 bridgehead atoms. The SMILES string of the molecule is CC(C)[C@H](NC(=O)CNC(=O)[C@@H](NC(=O)[C@H](CO)NC(=O)[C@H](CCCCN)N(C)C(=O)[C@H](CCCN=C(N)N)NC(=O)[C@H](C)NC(=O)[C@@H](NC(=O)[C@@H](N)CCC(N)=O)[C@@H](C)O)[C@@H](C)O)C(=O)O. The van der Waals surface area contributed by atoms with E-state index >= 15 is 0 Å². The molecule has 0 aliphatic carbocycles. The minimum Gasteiger partial charge on any atom is -0.480 e. The summed E-state index contributed by atoms with van der Waals surface area (Å²) in [6.07, 6.45) is -2.86. The number of nitrogens with zero attached hydrogens (tertiary/aromatic N) is 2. The quantitative estimate of drug-likeness (QED) is 0.0169. The van der Waals surface area contributed by atoms with Gasteiger partial charge in [0.05, 0.1) is 31.4 Å². The molecule has 28 nitrogen and oxygen atoms in total. The molecule has 0 aliphatic heterocycles. The van der Waals surface area contributed by atoms with Crippen molar-refractivity contribution in [2.75, 3.05) is 33.3 Å². The first-order valence-corrected chi connectivity index (χ1v) is 21.5. The van der Waals surface area contributed by atoms with Crippen LogP contribution < -0.4 is 65.9 Å². The Morgan fingerprint density at radius 3 is 1.72 bits per heavy atom. The highest BCUT2D eigenvalue weighted by Gasteiger charge is 2.37. The zero-order valence-electron chi connectivity index (χ0n) is 38.8. The van der Waals surface area contributed by atoms with Gasteiger partial charge in [0.2, 0.25) is 53.2 Å². The molecule has 0 aromatic rings. The number of carbonyl (C=O) groups excluding carboxylic acids is 9. The number of primary amides is 1. The minimum absolute atomic E-state index is 0.00499. The van der Waals surface area contributed by atoms with Crippen molar-refractivity contribution in [3.8, 4) is 0 Å². The molecule has 0 spiro atoms. The van der Waals surface area contributed by atoms with Crippen LogP contribution >= 0.6 is 0 Å². The van der Waals surface area contributed by atoms with Crippen LogP contribution in [0.2, 0.25) is 0 Å². The van der Waals surface area contributed by atoms with E-state index in [1.807, 2.05) is 0 Å². The molecule has 0 heterocycles. The van der Waals surface area contributed by atoms with Crippen LogP contribution in [0.4, 0.5) is 0 Å². The summed E-state index contributed by atoms with van der Waals surface area (Å²) in [6, 6.07) is -11.8. The van der Waals surface area contributed by atoms with Crippen molar-refractivity contribution >= 4 is 65.1 Å². The van der Waals surface area contributed by atoms with E-state index < -0.39 is 139 Å². The molecule has 0 unspecified atom stereocenters. The molecule has 0 saturated heterocycles. The number of aliphatic hydroxyl groups is 3. The van der Waals surface area contributed by atoms with Gasteiger partial charge in [-0.1, -0.05) is 13.8 Å². The highest BCUT2D eigenvalue weighted by atomic mass is 16.4. The normalized spacial score (nSPS) is 15.5. The van der Waals surface area contributed by atoms with Crippen molar-refractivity contribution in [3.05, 3.63) is 0 Å². The number of aliphatic imine (C=N–C) groups is 1. The van der Waals surface area contributed by atoms with Gasteiger partial charge in [-0.25, -0.2) is 4.79 Å². The van der Waals surface area contributed by atoms with Crippen LogP contribution in [0.3, 0.4) is 0 Å². The largest absolute Gasteiger partial charge is 0.480 e. The third-order valence-electron chi connectivity index (χ3n) is 10.0. The third kappa shape index (κ3) is 22.7. The van der Waals surface area contributed by atoms with Crippen LogP contribution in [0.1, 0.15) is 79.6 Å². The molecule has 0 radical (unpaired) electrons. The van der Waals surface area contributed by atoms with Gasteiger partial charge < -0.3 is 91.2 Å². The number of unbranched alkanes of at least 4 members (excludes halogenated alkanes) is 1. The molecular weight excluding hydrogens is 889 g/mol. The standard InChI is InChI=1S/C39H72N14O14/c1-18(2)28(38(66)67)50-27(58)16-46-35(63)29(20(4)55)52-33(61)24(17-54)49-34(62)25(11-7-8-14-40)53(6)37(65)23(10-9-15-45-39(43)44)48-31(59)19(3)47-36(64)30(21(5)56)51-32(60)22(41)12-13-26(42)57/h18-25,28-30,54-56H,7-17,40-41H2,1-6H3,(H2,42,57)(H,46,63)(H,47,64)(H,48,59)(H,49,62)(H,50,58)(H,51,60)(H,52,61)(H,66,67)(H4,43,44,45)/t19-,20+,21+,22-,23-,24-,25-,28-,29-,30-/m0/s1. The first-order chi connectivity index (χ1) is 31.2. The van der Waals surface area contributed by atoms with Crippen molar-refractivity contribution in [2.24, 2.45) is 39.6 Å². The first-order valence-electron chi connectivity index (χ1n) is 21.5. The average Bonchev–Trinajstić information content (AvgIpc) is 3.24. The topological polar surface area (TPSA) is 482 Å². The molecule has 0 aromatic heterocycles. The van der Waals surface area contributed by atoms with E-state index in [2.05, 4.69) is 42.2 Å². The Kier molecular flexibility index (Phi) is 28.0. The van der Waals surface area contributed by atoms with Gasteiger partial charge in [0.25, 0.3) is 0 Å². The van der Waals surface area contributed by atoms with Gasteiger partial charge in [0.15, 0.2) is 5.96 Å². The Morgan fingerprint density at radius 2 is 1.21 bits per heavy atom. The summed E-state index contributed by atoms with van der Waals surface area (Å²) < 4.78 is 0. The van der Waals surface area contributed by atoms with Crippen molar-refractivity contribution in [3.63, 3.8) is 0 Å². The number of rotatable bonds is 32. The smallest absolute Gasteiger partial charge is 0.326 e. The van der Waals surface area contributed by atoms with Gasteiger partial charge in [-0.15, -0.1) is 0 Å². The van der Waals surface area contributed by atoms with E-state index in [1.165, 1.54) is 20.9 Å². The predicted octanol–water partition coefficient (Wildman–Crippen LogP) is -7.87. The number of aliphatic hydroxyl groups excluding tert-OH is 3. The minimum atomic E-state index is -1.77. The number of nitrogens with two attached hydrogens (primary N) is 5. The van der Waals surface area contributed by atoms with Gasteiger partial charge in [-0.2, -0.15) is 0 Å². The number of aliphatic carboxylic acids is 1. The summed E-state index contributed by atoms with van der Waals surface area (Å²) in [4.78, 5) is 133. The number of hydrogen-bond donors (Lipinski definition) is 16. The van der Waals surface area contributed by atoms with E-state index in [4.69, 9.17) is 28.7 Å². The Balaban J connectivity index is 6.31. The summed E-state index contributed by atoms with van der Waals surface area (Å²) in [6.45, 7) is 5.09. The number of carbonyl (C=O) groups is 10. The maximum Gasteiger partial charge on any atom is 0.326 e. The second-order valence-corrected chi connectivity index (χ2v) is 16.1. The van der Waals surface area contributed by atoms with E-state index in [-0.39, 0.29) is 57.6 Å². The molecule has 382 valence electrons. The Hall–Kier alpha value is -6.23. The molecule has 28 heteroatoms. The van der Waals surface area contributed by atoms with Crippen LogP contribution in [0.25, 0.3) is 0 Å². The number of likely N-dealkylation sites (N-methyl/N-ethyl adjacent to an activating group) is 1. The molecule has 9 amide bonds. The molecule has 67 heavy (non-hydrogen) atoms. The van der Waals surface area contributed by atoms with Crippen molar-refractivity contribution in [1.29, 1.82) is 0 Å². The summed E-state index contributed by atoms with van der Waals surface area (Å²) in [5.41, 5.74) is 27.4. The van der Waals surface area contributed by atoms with E-state index in [0.717, 1.165) is 11.8 Å². The number of guanidine groups is 1. The fourth-order valence-corrected chi connectivity index (χ4v) is 6.04. The van der Waals surface area contributed by atoms with Crippen molar-refractivity contribution in [2.45, 2.75) is 140 Å². The fourth-order valence-electron chi connectivity index (χ4n) is 6.04. The lowest BCUT2D eigenvalue weighted by Crippen LogP contribution is -2.61. The fraction of sp³-hybridized carbons (Fsp3) is 0.718. The molecule has 21 N–H and O–H groups in total. The zero-order chi connectivity index (χ0) is 51.7. The van der Waals surface area contributed by atoms with E-state index in [0.29, 0.717) is 6.42 Å². The monoisotopic (exact) mass is 961 g/mol. The molecule has 0 aliphatic rings. The Labute approximate surface area is 388 Å². The highest BCUT2D eigenvalue weighted by molar-refractivity contribution is 5.98. The second-order valence-electron chi connectivity index (χ2n) is 16.1. The van der Waals surface area contributed by atoms with Gasteiger partial charge in [0.1, 0.15) is 42.3 Å². The van der Waals surface area contributed by atoms with E-state index in [1.54, 1.807) is 13.8 Å². The van der Waals surface area contributed by atoms with Crippen LogP contribution in [-0.4, -0.2) is 184 Å². The Bertz CT molecular complexity index is 1730. The predicted molar refractivity (Wildman–Crippen MR) is 239 cm³/mol. The molecule has 0 fully saturated rings. The van der Waals surface area contributed by atoms with Crippen LogP contribution in [-0.2, 0) is 47.9 Å². The summed E-state index contributed by atoms with van der Waals surface area (Å²) in [5, 5.41) is 56.1. The zero-order valence-corrected chi connectivity index (χ0v) is 38.8. The summed E-state index contributed by atoms with van der Waals surface area (Å²) in [5.74, 6) is -10.5. The number of nitrogens with one attached hydrogen (secondary N) is 7. The molecular formula is C39H72N14O14. The molecule has 0 rings (SSSR count). The molecule has 0 aromatic carbocycles. The Morgan fingerprint density at radius 1 is 0.642 bits per heavy atom. The van der Waals surface area contributed by atoms with Crippen molar-refractivity contribution in [1.82, 2.24) is 42.1 Å². The van der Waals surface area contributed by atoms with E-state index in [9.17, 15) is 68.4 Å². The number of carboxylic acid groups (broad SMARTS) is 1. The first kappa shape index (κ1) is 60.8. The average molecular weight is 961 g/mol. The maximum absolute atomic E-state index is 14.2. The molecule has 0 saturated carbocycles. The molecule has 10 atom stereocenters. The highest BCUT2D eigenvalue weighted by Crippen LogP contribution is 2.13. The van der Waals surface area contributed by atoms with Crippen LogP contribution in [0.5, 0.6) is 0 Å². The lowest BCUT2D eigenvalue weighted by Gasteiger charge is -2.32. The lowest BCUT2D eigenvalue weighted by atomic mass is 10.0. The van der Waals surface area contributed by atoms with Gasteiger partial charge in [-0.05, 0) is 71.8 Å². The van der Waals surface area contributed by atoms with Crippen molar-refractivity contribution < 1.29 is 68.4 Å². The third-order valence-corrected chi connectivity index (χ3v) is 10.0. The maximum atomic E-state index is 14.2. The summed E-state index contributed by atoms with van der Waals surface area (Å²) in [7, 11) is 1.23. The van der Waals surface area contributed by atoms with Gasteiger partial charge in [-0.3, -0.25) is 48.1 Å². The number of hydrogen-bond acceptors (Lipinski definition) is 16. The summed E-state index contributed by atoms with van der Waals surface area (Å²) >= 11 is 0. The number of amides is 9. The van der Waals surface area contributed by atoms with Gasteiger partial charge in [0, 0.05) is 20.0 Å². The number of carboxylic acids is 1. The lowest BCUT2D eigenvalue weighted by molar-refractivity contribution is -0.144. The van der Waals surface area contributed by atoms with Crippen LogP contribution in [0, 0.1) is 5.92 Å².